The van der Waals surface area contributed by atoms with Crippen molar-refractivity contribution in [3.8, 4) is 11.6 Å². The van der Waals surface area contributed by atoms with Gasteiger partial charge in [0.25, 0.3) is 0 Å². The first-order chi connectivity index (χ1) is 10.9. The summed E-state index contributed by atoms with van der Waals surface area (Å²) in [5.74, 6) is 2.49. The number of piperidine rings is 1. The Labute approximate surface area is 138 Å². The first kappa shape index (κ1) is 16.2. The maximum absolute atomic E-state index is 5.47. The van der Waals surface area contributed by atoms with Crippen LogP contribution in [0.4, 0.5) is 0 Å². The lowest BCUT2D eigenvalue weighted by atomic mass is 9.98. The van der Waals surface area contributed by atoms with E-state index < -0.39 is 0 Å². The van der Waals surface area contributed by atoms with Gasteiger partial charge in [-0.15, -0.1) is 5.10 Å². The molecule has 1 fully saturated rings. The van der Waals surface area contributed by atoms with E-state index in [1.54, 1.807) is 6.26 Å². The van der Waals surface area contributed by atoms with E-state index >= 15 is 0 Å². The van der Waals surface area contributed by atoms with E-state index in [9.17, 15) is 0 Å². The van der Waals surface area contributed by atoms with Crippen LogP contribution in [0.2, 0.25) is 0 Å². The van der Waals surface area contributed by atoms with Crippen LogP contribution < -0.4 is 0 Å². The monoisotopic (exact) mass is 316 g/mol. The summed E-state index contributed by atoms with van der Waals surface area (Å²) in [6.45, 7) is 7.73. The fourth-order valence-electron chi connectivity index (χ4n) is 3.36. The van der Waals surface area contributed by atoms with E-state index in [-0.39, 0.29) is 5.54 Å². The minimum Gasteiger partial charge on any atom is -0.461 e. The van der Waals surface area contributed by atoms with Crippen LogP contribution in [0.25, 0.3) is 11.6 Å². The molecule has 0 N–H and O–H groups in total. The number of likely N-dealkylation sites (tertiary alicyclic amines) is 1. The van der Waals surface area contributed by atoms with Gasteiger partial charge < -0.3 is 9.32 Å². The topological polar surface area (TPSA) is 47.1 Å². The Morgan fingerprint density at radius 1 is 1.30 bits per heavy atom. The van der Waals surface area contributed by atoms with Crippen LogP contribution >= 0.6 is 0 Å². The maximum atomic E-state index is 5.47. The summed E-state index contributed by atoms with van der Waals surface area (Å²) in [7, 11) is 2.24. The van der Waals surface area contributed by atoms with Crippen molar-refractivity contribution < 1.29 is 4.42 Å². The molecule has 5 nitrogen and oxygen atoms in total. The Hall–Kier alpha value is -1.62. The van der Waals surface area contributed by atoms with Gasteiger partial charge in [-0.25, -0.2) is 9.67 Å². The van der Waals surface area contributed by atoms with Crippen LogP contribution in [0.3, 0.4) is 0 Å². The molecule has 1 aliphatic rings. The van der Waals surface area contributed by atoms with Crippen molar-refractivity contribution in [2.75, 3.05) is 13.6 Å². The van der Waals surface area contributed by atoms with Gasteiger partial charge in [0.05, 0.1) is 11.8 Å². The Balaban J connectivity index is 1.79. The molecule has 23 heavy (non-hydrogen) atoms. The highest BCUT2D eigenvalue weighted by Crippen LogP contribution is 2.24. The first-order valence-electron chi connectivity index (χ1n) is 8.65. The number of nitrogens with zero attached hydrogens (tertiary/aromatic N) is 4. The van der Waals surface area contributed by atoms with Crippen molar-refractivity contribution in [3.05, 3.63) is 24.2 Å². The van der Waals surface area contributed by atoms with Crippen molar-refractivity contribution in [2.45, 2.75) is 64.5 Å². The third-order valence-corrected chi connectivity index (χ3v) is 4.67. The molecule has 3 heterocycles. The fraction of sp³-hybridized carbons (Fsp3) is 0.667. The summed E-state index contributed by atoms with van der Waals surface area (Å²) >= 11 is 0. The van der Waals surface area contributed by atoms with Gasteiger partial charge in [0.15, 0.2) is 5.76 Å². The zero-order valence-corrected chi connectivity index (χ0v) is 14.7. The van der Waals surface area contributed by atoms with E-state index in [1.807, 2.05) is 12.1 Å². The van der Waals surface area contributed by atoms with Crippen molar-refractivity contribution in [3.63, 3.8) is 0 Å². The molecule has 0 radical (unpaired) electrons. The largest absolute Gasteiger partial charge is 0.461 e. The summed E-state index contributed by atoms with van der Waals surface area (Å²) in [5, 5.41) is 4.70. The lowest BCUT2D eigenvalue weighted by Crippen LogP contribution is -2.36. The summed E-state index contributed by atoms with van der Waals surface area (Å²) in [6, 6.07) is 4.46. The predicted octanol–water partition coefficient (Wildman–Crippen LogP) is 3.71. The molecular weight excluding hydrogens is 288 g/mol. The third kappa shape index (κ3) is 3.66. The normalized spacial score (nSPS) is 20.1. The van der Waals surface area contributed by atoms with Crippen molar-refractivity contribution in [1.82, 2.24) is 19.7 Å². The second-order valence-electron chi connectivity index (χ2n) is 7.58. The zero-order chi connectivity index (χ0) is 16.4. The molecule has 0 unspecified atom stereocenters. The van der Waals surface area contributed by atoms with Gasteiger partial charge in [0.2, 0.25) is 5.82 Å². The molecule has 0 amide bonds. The molecule has 0 spiro atoms. The van der Waals surface area contributed by atoms with Gasteiger partial charge in [-0.3, -0.25) is 0 Å². The number of aryl methyl sites for hydroxylation is 1. The first-order valence-corrected chi connectivity index (χ1v) is 8.65. The van der Waals surface area contributed by atoms with Gasteiger partial charge >= 0.3 is 0 Å². The highest BCUT2D eigenvalue weighted by Gasteiger charge is 2.24. The smallest absolute Gasteiger partial charge is 0.217 e. The molecule has 2 aromatic heterocycles. The van der Waals surface area contributed by atoms with Crippen molar-refractivity contribution in [1.29, 1.82) is 0 Å². The van der Waals surface area contributed by atoms with Crippen LogP contribution in [0, 0.1) is 0 Å². The Kier molecular flexibility index (Phi) is 4.57. The number of aromatic nitrogens is 3. The van der Waals surface area contributed by atoms with E-state index in [2.05, 4.69) is 37.4 Å². The predicted molar refractivity (Wildman–Crippen MR) is 91.3 cm³/mol. The minimum absolute atomic E-state index is 0.0777. The van der Waals surface area contributed by atoms with Gasteiger partial charge in [-0.2, -0.15) is 0 Å². The number of hydrogen-bond acceptors (Lipinski definition) is 4. The van der Waals surface area contributed by atoms with Gasteiger partial charge in [-0.05, 0) is 65.8 Å². The molecular formula is C18H28N4O. The molecule has 1 aliphatic heterocycles. The molecule has 126 valence electrons. The molecule has 0 saturated carbocycles. The fourth-order valence-corrected chi connectivity index (χ4v) is 3.36. The van der Waals surface area contributed by atoms with Crippen LogP contribution in [0.1, 0.15) is 52.3 Å². The van der Waals surface area contributed by atoms with Crippen LogP contribution in [-0.2, 0) is 12.0 Å². The average Bonchev–Trinajstić information content (AvgIpc) is 3.15. The second-order valence-corrected chi connectivity index (χ2v) is 7.58. The molecule has 3 rings (SSSR count). The van der Waals surface area contributed by atoms with E-state index in [1.165, 1.54) is 25.8 Å². The van der Waals surface area contributed by atoms with Crippen molar-refractivity contribution >= 4 is 0 Å². The highest BCUT2D eigenvalue weighted by molar-refractivity contribution is 5.45. The lowest BCUT2D eigenvalue weighted by Gasteiger charge is -2.32. The quantitative estimate of drug-likeness (QED) is 0.862. The number of furan rings is 1. The standard InChI is InChI=1S/C18H28N4O/c1-18(2,3)22-16(11-10-14-8-5-6-12-21(14)4)19-17(20-22)15-9-7-13-23-15/h7,9,13-14H,5-6,8,10-12H2,1-4H3/t14-/m1/s1. The number of rotatable bonds is 4. The molecule has 0 aliphatic carbocycles. The number of hydrogen-bond donors (Lipinski definition) is 0. The van der Waals surface area contributed by atoms with E-state index in [0.717, 1.165) is 24.4 Å². The lowest BCUT2D eigenvalue weighted by molar-refractivity contribution is 0.174. The van der Waals surface area contributed by atoms with Gasteiger partial charge in [0, 0.05) is 12.5 Å². The highest BCUT2D eigenvalue weighted by atomic mass is 16.3. The van der Waals surface area contributed by atoms with E-state index in [0.29, 0.717) is 11.9 Å². The minimum atomic E-state index is -0.0777. The Morgan fingerprint density at radius 2 is 2.13 bits per heavy atom. The third-order valence-electron chi connectivity index (χ3n) is 4.67. The molecule has 2 aromatic rings. The Morgan fingerprint density at radius 3 is 2.78 bits per heavy atom. The van der Waals surface area contributed by atoms with Crippen LogP contribution in [0.5, 0.6) is 0 Å². The van der Waals surface area contributed by atoms with Crippen LogP contribution in [0.15, 0.2) is 22.8 Å². The zero-order valence-electron chi connectivity index (χ0n) is 14.7. The summed E-state index contributed by atoms with van der Waals surface area (Å²) in [5.41, 5.74) is -0.0777. The molecule has 0 bridgehead atoms. The second kappa shape index (κ2) is 6.48. The maximum Gasteiger partial charge on any atom is 0.217 e. The SMILES string of the molecule is CN1CCCC[C@@H]1CCc1nc(-c2ccco2)nn1C(C)(C)C. The summed E-state index contributed by atoms with van der Waals surface area (Å²) < 4.78 is 7.53. The van der Waals surface area contributed by atoms with E-state index in [4.69, 9.17) is 14.5 Å². The summed E-state index contributed by atoms with van der Waals surface area (Å²) in [4.78, 5) is 7.26. The van der Waals surface area contributed by atoms with Gasteiger partial charge in [0.1, 0.15) is 5.82 Å². The molecule has 1 saturated heterocycles. The average molecular weight is 316 g/mol. The molecule has 5 heteroatoms. The van der Waals surface area contributed by atoms with Crippen molar-refractivity contribution in [2.24, 2.45) is 0 Å². The van der Waals surface area contributed by atoms with Gasteiger partial charge in [-0.1, -0.05) is 6.42 Å². The molecule has 1 atom stereocenters. The van der Waals surface area contributed by atoms with Crippen LogP contribution in [-0.4, -0.2) is 39.3 Å². The molecule has 0 aromatic carbocycles. The Bertz CT molecular complexity index is 624. The summed E-state index contributed by atoms with van der Waals surface area (Å²) in [6.07, 6.45) is 7.74.